The fourth-order valence-electron chi connectivity index (χ4n) is 3.34. The molecule has 0 saturated carbocycles. The number of benzene rings is 2. The summed E-state index contributed by atoms with van der Waals surface area (Å²) in [5, 5.41) is 5.09. The van der Waals surface area contributed by atoms with Crippen molar-refractivity contribution in [2.45, 2.75) is 12.1 Å². The standard InChI is InChI=1S/C20H15FN4OS/c21-16-6-7-17-14(8-16)9-18(27-17)19-24-20(11-26-19,10-25-13-22-12-23-25)15-4-2-1-3-5-15/h1-9,12-13H,10-11H2. The third-order valence-corrected chi connectivity index (χ3v) is 5.76. The van der Waals surface area contributed by atoms with Crippen molar-refractivity contribution in [3.63, 3.8) is 0 Å². The minimum atomic E-state index is -0.578. The Hall–Kier alpha value is -3.06. The van der Waals surface area contributed by atoms with E-state index in [1.54, 1.807) is 28.4 Å². The minimum Gasteiger partial charge on any atom is -0.474 e. The molecule has 0 amide bonds. The van der Waals surface area contributed by atoms with Gasteiger partial charge in [0.05, 0.1) is 11.4 Å². The first-order valence-electron chi connectivity index (χ1n) is 8.52. The predicted molar refractivity (Wildman–Crippen MR) is 102 cm³/mol. The van der Waals surface area contributed by atoms with E-state index in [1.807, 2.05) is 36.4 Å². The predicted octanol–water partition coefficient (Wildman–Crippen LogP) is 4.00. The molecule has 0 fully saturated rings. The van der Waals surface area contributed by atoms with Gasteiger partial charge in [-0.15, -0.1) is 11.3 Å². The molecule has 3 heterocycles. The van der Waals surface area contributed by atoms with Gasteiger partial charge in [-0.25, -0.2) is 14.4 Å². The summed E-state index contributed by atoms with van der Waals surface area (Å²) in [6.07, 6.45) is 3.19. The Labute approximate surface area is 158 Å². The molecule has 0 N–H and O–H groups in total. The lowest BCUT2D eigenvalue weighted by Crippen LogP contribution is -2.31. The van der Waals surface area contributed by atoms with Crippen molar-refractivity contribution in [2.75, 3.05) is 6.61 Å². The molecular weight excluding hydrogens is 363 g/mol. The molecule has 5 rings (SSSR count). The van der Waals surface area contributed by atoms with E-state index in [4.69, 9.17) is 9.73 Å². The average molecular weight is 378 g/mol. The first-order valence-corrected chi connectivity index (χ1v) is 9.34. The zero-order valence-corrected chi connectivity index (χ0v) is 15.1. The summed E-state index contributed by atoms with van der Waals surface area (Å²) < 4.78 is 22.3. The smallest absolute Gasteiger partial charge is 0.227 e. The van der Waals surface area contributed by atoms with Crippen LogP contribution in [0.1, 0.15) is 10.4 Å². The summed E-state index contributed by atoms with van der Waals surface area (Å²) in [6, 6.07) is 16.8. The molecule has 1 aliphatic rings. The maximum atomic E-state index is 13.5. The summed E-state index contributed by atoms with van der Waals surface area (Å²) in [6.45, 7) is 0.939. The number of aromatic nitrogens is 3. The fraction of sp³-hybridized carbons (Fsp3) is 0.150. The van der Waals surface area contributed by atoms with Gasteiger partial charge in [-0.05, 0) is 35.2 Å². The highest BCUT2D eigenvalue weighted by molar-refractivity contribution is 7.20. The lowest BCUT2D eigenvalue weighted by atomic mass is 9.92. The molecule has 0 radical (unpaired) electrons. The Morgan fingerprint density at radius 2 is 2.04 bits per heavy atom. The molecule has 1 unspecified atom stereocenters. The van der Waals surface area contributed by atoms with Crippen molar-refractivity contribution >= 4 is 27.3 Å². The molecule has 2 aromatic carbocycles. The monoisotopic (exact) mass is 378 g/mol. The summed E-state index contributed by atoms with van der Waals surface area (Å²) in [5.41, 5.74) is 0.480. The Morgan fingerprint density at radius 1 is 1.15 bits per heavy atom. The molecule has 0 aliphatic carbocycles. The number of halogens is 1. The van der Waals surface area contributed by atoms with Gasteiger partial charge in [0.25, 0.3) is 0 Å². The highest BCUT2D eigenvalue weighted by Crippen LogP contribution is 2.36. The van der Waals surface area contributed by atoms with Crippen LogP contribution in [0.15, 0.2) is 72.2 Å². The Bertz CT molecular complexity index is 1120. The van der Waals surface area contributed by atoms with E-state index in [2.05, 4.69) is 10.1 Å². The van der Waals surface area contributed by atoms with E-state index in [0.29, 0.717) is 19.0 Å². The van der Waals surface area contributed by atoms with Crippen LogP contribution in [-0.4, -0.2) is 27.3 Å². The lowest BCUT2D eigenvalue weighted by molar-refractivity contribution is 0.230. The molecule has 0 bridgehead atoms. The van der Waals surface area contributed by atoms with Crippen molar-refractivity contribution < 1.29 is 9.13 Å². The van der Waals surface area contributed by atoms with Crippen molar-refractivity contribution in [2.24, 2.45) is 4.99 Å². The molecule has 0 spiro atoms. The van der Waals surface area contributed by atoms with Crippen molar-refractivity contribution in [3.05, 3.63) is 83.5 Å². The van der Waals surface area contributed by atoms with Crippen molar-refractivity contribution in [1.29, 1.82) is 0 Å². The van der Waals surface area contributed by atoms with Gasteiger partial charge in [-0.3, -0.25) is 4.68 Å². The Morgan fingerprint density at radius 3 is 2.85 bits per heavy atom. The second-order valence-corrected chi connectivity index (χ2v) is 7.57. The van der Waals surface area contributed by atoms with Gasteiger partial charge in [0, 0.05) is 4.70 Å². The van der Waals surface area contributed by atoms with Crippen LogP contribution in [-0.2, 0) is 16.8 Å². The first-order chi connectivity index (χ1) is 13.2. The van der Waals surface area contributed by atoms with Crippen LogP contribution in [0.3, 0.4) is 0 Å². The van der Waals surface area contributed by atoms with Gasteiger partial charge in [0.1, 0.15) is 30.6 Å². The highest BCUT2D eigenvalue weighted by Gasteiger charge is 2.40. The molecule has 4 aromatic rings. The third kappa shape index (κ3) is 2.90. The van der Waals surface area contributed by atoms with Crippen LogP contribution in [0.5, 0.6) is 0 Å². The van der Waals surface area contributed by atoms with E-state index in [0.717, 1.165) is 20.5 Å². The summed E-state index contributed by atoms with van der Waals surface area (Å²) in [5.74, 6) is 0.339. The number of hydrogen-bond acceptors (Lipinski definition) is 5. The Kier molecular flexibility index (Phi) is 3.75. The number of ether oxygens (including phenoxy) is 1. The molecule has 7 heteroatoms. The number of fused-ring (bicyclic) bond motifs is 1. The summed E-state index contributed by atoms with van der Waals surface area (Å²) in [7, 11) is 0. The largest absolute Gasteiger partial charge is 0.474 e. The van der Waals surface area contributed by atoms with Crippen LogP contribution in [0.4, 0.5) is 4.39 Å². The van der Waals surface area contributed by atoms with E-state index in [-0.39, 0.29) is 5.82 Å². The van der Waals surface area contributed by atoms with Crippen molar-refractivity contribution in [1.82, 2.24) is 14.8 Å². The molecule has 1 atom stereocenters. The maximum Gasteiger partial charge on any atom is 0.227 e. The SMILES string of the molecule is Fc1ccc2sc(C3=NC(Cn4cncn4)(c4ccccc4)CO3)cc2c1. The minimum absolute atomic E-state index is 0.244. The number of aliphatic imine (C=N–C) groups is 1. The normalized spacial score (nSPS) is 19.2. The van der Waals surface area contributed by atoms with Gasteiger partial charge in [-0.2, -0.15) is 5.10 Å². The van der Waals surface area contributed by atoms with E-state index >= 15 is 0 Å². The lowest BCUT2D eigenvalue weighted by Gasteiger charge is -2.24. The topological polar surface area (TPSA) is 52.3 Å². The summed E-state index contributed by atoms with van der Waals surface area (Å²) >= 11 is 1.55. The average Bonchev–Trinajstić information content (AvgIpc) is 3.42. The van der Waals surface area contributed by atoms with E-state index in [1.165, 1.54) is 18.5 Å². The first kappa shape index (κ1) is 16.1. The molecular formula is C20H15FN4OS. The number of rotatable bonds is 4. The van der Waals surface area contributed by atoms with Crippen molar-refractivity contribution in [3.8, 4) is 0 Å². The van der Waals surface area contributed by atoms with Gasteiger partial charge in [0.15, 0.2) is 0 Å². The molecule has 5 nitrogen and oxygen atoms in total. The van der Waals surface area contributed by atoms with Gasteiger partial charge in [-0.1, -0.05) is 30.3 Å². The van der Waals surface area contributed by atoms with Crippen LogP contribution >= 0.6 is 11.3 Å². The zero-order chi connectivity index (χ0) is 18.3. The molecule has 27 heavy (non-hydrogen) atoms. The van der Waals surface area contributed by atoms with Gasteiger partial charge < -0.3 is 4.74 Å². The van der Waals surface area contributed by atoms with Crippen LogP contribution in [0.2, 0.25) is 0 Å². The van der Waals surface area contributed by atoms with E-state index < -0.39 is 5.54 Å². The second kappa shape index (κ2) is 6.28. The number of nitrogens with zero attached hydrogens (tertiary/aromatic N) is 4. The number of thiophene rings is 1. The zero-order valence-electron chi connectivity index (χ0n) is 14.2. The van der Waals surface area contributed by atoms with E-state index in [9.17, 15) is 4.39 Å². The molecule has 0 saturated heterocycles. The van der Waals surface area contributed by atoms with Gasteiger partial charge >= 0.3 is 0 Å². The molecule has 1 aliphatic heterocycles. The molecule has 134 valence electrons. The fourth-order valence-corrected chi connectivity index (χ4v) is 4.33. The number of hydrogen-bond donors (Lipinski definition) is 0. The quantitative estimate of drug-likeness (QED) is 0.539. The summed E-state index contributed by atoms with van der Waals surface area (Å²) in [4.78, 5) is 9.90. The highest BCUT2D eigenvalue weighted by atomic mass is 32.1. The third-order valence-electron chi connectivity index (χ3n) is 4.65. The van der Waals surface area contributed by atoms with Gasteiger partial charge in [0.2, 0.25) is 5.90 Å². The van der Waals surface area contributed by atoms with Crippen LogP contribution in [0.25, 0.3) is 10.1 Å². The Balaban J connectivity index is 1.59. The van der Waals surface area contributed by atoms with Crippen LogP contribution in [0, 0.1) is 5.82 Å². The maximum absolute atomic E-state index is 13.5. The second-order valence-electron chi connectivity index (χ2n) is 6.49. The van der Waals surface area contributed by atoms with Crippen LogP contribution < -0.4 is 0 Å². The molecule has 2 aromatic heterocycles.